The highest BCUT2D eigenvalue weighted by molar-refractivity contribution is 5.80. The second-order valence-corrected chi connectivity index (χ2v) is 8.38. The van der Waals surface area contributed by atoms with Gasteiger partial charge in [0.1, 0.15) is 5.52 Å². The number of fused-ring (bicyclic) bond motifs is 2. The Bertz CT molecular complexity index is 1440. The number of aromatic amines is 1. The molecule has 32 heavy (non-hydrogen) atoms. The molecule has 1 saturated heterocycles. The standard InChI is InChI=1S/C22H22N8O2/c1-13(2)21(31)28-6-3-4-15(12-28)30-20-17(26-22(30)32)11-24-19(27-20)16-10-25-29-7-5-14(9-23)8-18(16)29/h5,7-8,10-11,13,15H,3-4,6,12H2,1-2H3,(H,26,32)/t15-/m0/s1. The van der Waals surface area contributed by atoms with Gasteiger partial charge in [0.2, 0.25) is 5.91 Å². The molecule has 0 bridgehead atoms. The van der Waals surface area contributed by atoms with Crippen molar-refractivity contribution in [1.29, 1.82) is 5.26 Å². The Hall–Kier alpha value is -4.00. The van der Waals surface area contributed by atoms with Crippen LogP contribution in [-0.2, 0) is 4.79 Å². The molecule has 0 aromatic carbocycles. The lowest BCUT2D eigenvalue weighted by atomic mass is 10.0. The molecular formula is C22H22N8O2. The molecule has 5 heterocycles. The van der Waals surface area contributed by atoms with E-state index in [9.17, 15) is 14.9 Å². The quantitative estimate of drug-likeness (QED) is 0.531. The fraction of sp³-hybridized carbons (Fsp3) is 0.364. The minimum absolute atomic E-state index is 0.0868. The summed E-state index contributed by atoms with van der Waals surface area (Å²) < 4.78 is 3.30. The van der Waals surface area contributed by atoms with Crippen molar-refractivity contribution in [2.45, 2.75) is 32.7 Å². The molecule has 1 aliphatic heterocycles. The number of amides is 1. The lowest BCUT2D eigenvalue weighted by molar-refractivity contribution is -0.136. The lowest BCUT2D eigenvalue weighted by Gasteiger charge is -2.34. The van der Waals surface area contributed by atoms with Gasteiger partial charge in [-0.1, -0.05) is 13.8 Å². The van der Waals surface area contributed by atoms with E-state index >= 15 is 0 Å². The molecule has 162 valence electrons. The number of H-pyrrole nitrogens is 1. The number of piperidine rings is 1. The largest absolute Gasteiger partial charge is 0.340 e. The van der Waals surface area contributed by atoms with Gasteiger partial charge in [-0.25, -0.2) is 19.3 Å². The van der Waals surface area contributed by atoms with Gasteiger partial charge in [-0.3, -0.25) is 9.36 Å². The van der Waals surface area contributed by atoms with Gasteiger partial charge in [-0.05, 0) is 25.0 Å². The van der Waals surface area contributed by atoms with Crippen molar-refractivity contribution in [3.05, 3.63) is 46.8 Å². The highest BCUT2D eigenvalue weighted by Gasteiger charge is 2.28. The third-order valence-corrected chi connectivity index (χ3v) is 5.92. The van der Waals surface area contributed by atoms with Crippen molar-refractivity contribution >= 4 is 22.6 Å². The molecule has 10 nitrogen and oxygen atoms in total. The van der Waals surface area contributed by atoms with E-state index in [-0.39, 0.29) is 23.6 Å². The molecule has 0 spiro atoms. The van der Waals surface area contributed by atoms with Crippen molar-refractivity contribution in [2.75, 3.05) is 13.1 Å². The first-order valence-corrected chi connectivity index (χ1v) is 10.6. The number of carbonyl (C=O) groups is 1. The molecule has 4 aromatic heterocycles. The first-order chi connectivity index (χ1) is 15.5. The molecule has 0 saturated carbocycles. The number of hydrogen-bond acceptors (Lipinski definition) is 6. The molecule has 5 rings (SSSR count). The van der Waals surface area contributed by atoms with Crippen molar-refractivity contribution in [3.8, 4) is 17.5 Å². The molecule has 4 aromatic rings. The summed E-state index contributed by atoms with van der Waals surface area (Å²) >= 11 is 0. The Kier molecular flexibility index (Phi) is 4.74. The number of rotatable bonds is 3. The van der Waals surface area contributed by atoms with Crippen LogP contribution in [0, 0.1) is 17.2 Å². The van der Waals surface area contributed by atoms with Gasteiger partial charge in [-0.15, -0.1) is 0 Å². The van der Waals surface area contributed by atoms with E-state index in [1.54, 1.807) is 39.8 Å². The van der Waals surface area contributed by atoms with Crippen molar-refractivity contribution < 1.29 is 4.79 Å². The molecule has 0 aliphatic carbocycles. The van der Waals surface area contributed by atoms with Crippen LogP contribution in [0.5, 0.6) is 0 Å². The predicted molar refractivity (Wildman–Crippen MR) is 117 cm³/mol. The van der Waals surface area contributed by atoms with Crippen LogP contribution in [0.1, 0.15) is 38.3 Å². The Morgan fingerprint density at radius 2 is 2.19 bits per heavy atom. The minimum atomic E-state index is -0.262. The number of aromatic nitrogens is 6. The fourth-order valence-electron chi connectivity index (χ4n) is 4.34. The van der Waals surface area contributed by atoms with E-state index in [1.165, 1.54) is 0 Å². The van der Waals surface area contributed by atoms with Crippen LogP contribution in [0.25, 0.3) is 28.1 Å². The van der Waals surface area contributed by atoms with Crippen LogP contribution in [0.2, 0.25) is 0 Å². The Balaban J connectivity index is 1.59. The number of carbonyl (C=O) groups excluding carboxylic acids is 1. The van der Waals surface area contributed by atoms with E-state index in [1.807, 2.05) is 18.7 Å². The van der Waals surface area contributed by atoms with Gasteiger partial charge in [0.05, 0.1) is 41.1 Å². The van der Waals surface area contributed by atoms with Crippen molar-refractivity contribution in [3.63, 3.8) is 0 Å². The van der Waals surface area contributed by atoms with Crippen molar-refractivity contribution in [1.82, 2.24) is 34.0 Å². The number of nitrogens with zero attached hydrogens (tertiary/aromatic N) is 7. The zero-order chi connectivity index (χ0) is 22.4. The molecule has 1 aliphatic rings. The average molecular weight is 430 g/mol. The highest BCUT2D eigenvalue weighted by atomic mass is 16.2. The van der Waals surface area contributed by atoms with Gasteiger partial charge in [0.15, 0.2) is 11.5 Å². The van der Waals surface area contributed by atoms with Crippen molar-refractivity contribution in [2.24, 2.45) is 5.92 Å². The summed E-state index contributed by atoms with van der Waals surface area (Å²) in [6, 6.07) is 5.38. The lowest BCUT2D eigenvalue weighted by Crippen LogP contribution is -2.44. The molecule has 10 heteroatoms. The molecule has 0 radical (unpaired) electrons. The SMILES string of the molecule is CC(C)C(=O)N1CCC[C@H](n2c(=O)[nH]c3cnc(-c4cnn5ccc(C#N)cc45)nc32)C1. The topological polar surface area (TPSA) is 125 Å². The minimum Gasteiger partial charge on any atom is -0.340 e. The number of likely N-dealkylation sites (tertiary alicyclic amines) is 1. The van der Waals surface area contributed by atoms with E-state index in [0.717, 1.165) is 12.8 Å². The van der Waals surface area contributed by atoms with Crippen LogP contribution in [-0.4, -0.2) is 53.0 Å². The molecule has 1 fully saturated rings. The van der Waals surface area contributed by atoms with Crippen LogP contribution in [0.15, 0.2) is 35.5 Å². The number of hydrogen-bond donors (Lipinski definition) is 1. The average Bonchev–Trinajstić information content (AvgIpc) is 3.37. The second-order valence-electron chi connectivity index (χ2n) is 8.38. The van der Waals surface area contributed by atoms with Gasteiger partial charge < -0.3 is 9.88 Å². The first kappa shape index (κ1) is 19.9. The van der Waals surface area contributed by atoms with Crippen LogP contribution in [0.4, 0.5) is 0 Å². The summed E-state index contributed by atoms with van der Waals surface area (Å²) in [5.74, 6) is 0.426. The second kappa shape index (κ2) is 7.60. The molecule has 1 amide bonds. The zero-order valence-electron chi connectivity index (χ0n) is 17.8. The molecular weight excluding hydrogens is 408 g/mol. The van der Waals surface area contributed by atoms with Gasteiger partial charge >= 0.3 is 5.69 Å². The maximum absolute atomic E-state index is 12.8. The van der Waals surface area contributed by atoms with E-state index in [4.69, 9.17) is 4.98 Å². The van der Waals surface area contributed by atoms with Gasteiger partial charge in [0.25, 0.3) is 0 Å². The third kappa shape index (κ3) is 3.22. The van der Waals surface area contributed by atoms with Gasteiger partial charge in [-0.2, -0.15) is 10.4 Å². The highest BCUT2D eigenvalue weighted by Crippen LogP contribution is 2.27. The third-order valence-electron chi connectivity index (χ3n) is 5.92. The number of nitrogens with one attached hydrogen (secondary N) is 1. The summed E-state index contributed by atoms with van der Waals surface area (Å²) in [5.41, 5.74) is 2.67. The summed E-state index contributed by atoms with van der Waals surface area (Å²) in [6.45, 7) is 4.95. The summed E-state index contributed by atoms with van der Waals surface area (Å²) in [6.07, 6.45) is 6.56. The van der Waals surface area contributed by atoms with E-state index < -0.39 is 0 Å². The number of pyridine rings is 1. The Morgan fingerprint density at radius 3 is 2.97 bits per heavy atom. The molecule has 1 atom stereocenters. The monoisotopic (exact) mass is 430 g/mol. The maximum atomic E-state index is 12.8. The van der Waals surface area contributed by atoms with E-state index in [2.05, 4.69) is 21.1 Å². The predicted octanol–water partition coefficient (Wildman–Crippen LogP) is 2.13. The Morgan fingerprint density at radius 1 is 1.34 bits per heavy atom. The maximum Gasteiger partial charge on any atom is 0.328 e. The summed E-state index contributed by atoms with van der Waals surface area (Å²) in [5, 5.41) is 13.6. The van der Waals surface area contributed by atoms with Crippen LogP contribution < -0.4 is 5.69 Å². The first-order valence-electron chi connectivity index (χ1n) is 10.6. The Labute approximate surface area is 183 Å². The van der Waals surface area contributed by atoms with Crippen LogP contribution in [0.3, 0.4) is 0 Å². The zero-order valence-corrected chi connectivity index (χ0v) is 17.8. The number of imidazole rings is 1. The smallest absolute Gasteiger partial charge is 0.328 e. The van der Waals surface area contributed by atoms with E-state index in [0.29, 0.717) is 46.7 Å². The van der Waals surface area contributed by atoms with Gasteiger partial charge in [0, 0.05) is 25.2 Å². The van der Waals surface area contributed by atoms with Crippen LogP contribution >= 0.6 is 0 Å². The summed E-state index contributed by atoms with van der Waals surface area (Å²) in [4.78, 5) is 39.1. The molecule has 1 N–H and O–H groups in total. The number of nitriles is 1. The fourth-order valence-corrected chi connectivity index (χ4v) is 4.34. The molecule has 0 unspecified atom stereocenters. The summed E-state index contributed by atoms with van der Waals surface area (Å²) in [7, 11) is 0. The normalized spacial score (nSPS) is 16.7.